The molecule has 3 heterocycles. The number of carbonyl (C=O) groups excluding carboxylic acids is 2. The zero-order valence-electron chi connectivity index (χ0n) is 15.0. The van der Waals surface area contributed by atoms with Gasteiger partial charge in [0.1, 0.15) is 17.8 Å². The second kappa shape index (κ2) is 6.87. The molecule has 4 atom stereocenters. The summed E-state index contributed by atoms with van der Waals surface area (Å²) in [6.07, 6.45) is -1.09. The summed E-state index contributed by atoms with van der Waals surface area (Å²) in [4.78, 5) is 29.9. The Hall–Kier alpha value is -0.424. The quantitative estimate of drug-likeness (QED) is 0.438. The molecule has 0 radical (unpaired) electrons. The van der Waals surface area contributed by atoms with Crippen molar-refractivity contribution in [3.05, 3.63) is 30.1 Å². The summed E-state index contributed by atoms with van der Waals surface area (Å²) in [5.74, 6) is -1.92. The minimum atomic E-state index is -1.26. The zero-order chi connectivity index (χ0) is 18.1. The molecule has 2 fully saturated rings. The van der Waals surface area contributed by atoms with Gasteiger partial charge in [-0.2, -0.15) is 0 Å². The number of aromatic nitrogens is 2. The normalized spacial score (nSPS) is 27.6. The number of hydrogen-bond acceptors (Lipinski definition) is 6. The van der Waals surface area contributed by atoms with Gasteiger partial charge in [0.2, 0.25) is 5.91 Å². The first-order valence-electron chi connectivity index (χ1n) is 8.04. The summed E-state index contributed by atoms with van der Waals surface area (Å²) in [6, 6.07) is 6.50. The van der Waals surface area contributed by atoms with E-state index in [1.807, 2.05) is 24.3 Å². The van der Waals surface area contributed by atoms with Crippen molar-refractivity contribution in [3.63, 3.8) is 0 Å². The molecule has 1 aromatic heterocycles. The number of imidazole rings is 1. The molecule has 0 aliphatic carbocycles. The number of carbonyl (C=O) groups is 2. The Labute approximate surface area is 197 Å². The maximum atomic E-state index is 12.6. The Balaban J connectivity index is 0.00000196. The number of aliphatic carboxylic acids is 1. The molecule has 132 valence electrons. The van der Waals surface area contributed by atoms with E-state index in [2.05, 4.69) is 4.98 Å². The summed E-state index contributed by atoms with van der Waals surface area (Å²) < 4.78 is 1.11. The second-order valence-corrected chi connectivity index (χ2v) is 8.84. The molecule has 2 aliphatic heterocycles. The molecular formula is C17H18KN3O4S. The number of hydrogen-bond donors (Lipinski definition) is 1. The van der Waals surface area contributed by atoms with E-state index in [1.54, 1.807) is 25.5 Å². The van der Waals surface area contributed by atoms with Crippen LogP contribution in [0.2, 0.25) is 0 Å². The van der Waals surface area contributed by atoms with Crippen LogP contribution < -0.4 is 56.5 Å². The van der Waals surface area contributed by atoms with Crippen molar-refractivity contribution >= 4 is 34.7 Å². The summed E-state index contributed by atoms with van der Waals surface area (Å²) in [5, 5.41) is 21.9. The van der Waals surface area contributed by atoms with Gasteiger partial charge in [0, 0.05) is 11.8 Å². The zero-order valence-corrected chi connectivity index (χ0v) is 19.0. The van der Waals surface area contributed by atoms with Crippen molar-refractivity contribution in [1.29, 1.82) is 0 Å². The first-order valence-corrected chi connectivity index (χ1v) is 8.92. The van der Waals surface area contributed by atoms with E-state index < -0.39 is 28.8 Å². The number of carboxylic acid groups (broad SMARTS) is 1. The minimum absolute atomic E-state index is 0. The van der Waals surface area contributed by atoms with E-state index in [4.69, 9.17) is 0 Å². The van der Waals surface area contributed by atoms with Crippen molar-refractivity contribution in [2.24, 2.45) is 13.0 Å². The third-order valence-corrected chi connectivity index (χ3v) is 6.72. The van der Waals surface area contributed by atoms with E-state index in [-0.39, 0.29) is 62.7 Å². The summed E-state index contributed by atoms with van der Waals surface area (Å²) in [5.41, 5.74) is 1.61. The molecule has 0 spiro atoms. The molecule has 26 heavy (non-hydrogen) atoms. The molecule has 1 amide bonds. The summed E-state index contributed by atoms with van der Waals surface area (Å²) >= 11 is 1.39. The molecule has 7 nitrogen and oxygen atoms in total. The first-order chi connectivity index (χ1) is 11.7. The third-order valence-electron chi connectivity index (χ3n) is 5.13. The van der Waals surface area contributed by atoms with Crippen LogP contribution in [0.1, 0.15) is 25.8 Å². The van der Waals surface area contributed by atoms with Gasteiger partial charge in [0.15, 0.2) is 0 Å². The third kappa shape index (κ3) is 2.79. The molecule has 9 heteroatoms. The predicted octanol–water partition coefficient (Wildman–Crippen LogP) is -2.96. The number of β-lactam (4-membered cyclic amide) rings is 1. The van der Waals surface area contributed by atoms with Crippen molar-refractivity contribution in [1.82, 2.24) is 14.5 Å². The Morgan fingerprint density at radius 1 is 1.38 bits per heavy atom. The number of aryl methyl sites for hydroxylation is 1. The van der Waals surface area contributed by atoms with Crippen LogP contribution in [-0.4, -0.2) is 47.6 Å². The van der Waals surface area contributed by atoms with Crippen LogP contribution in [0.15, 0.2) is 24.3 Å². The van der Waals surface area contributed by atoms with E-state index in [0.29, 0.717) is 5.82 Å². The van der Waals surface area contributed by atoms with Crippen LogP contribution in [0.3, 0.4) is 0 Å². The maximum Gasteiger partial charge on any atom is 1.00 e. The van der Waals surface area contributed by atoms with Crippen LogP contribution in [0.5, 0.6) is 0 Å². The molecule has 4 rings (SSSR count). The average molecular weight is 400 g/mol. The second-order valence-electron chi connectivity index (χ2n) is 7.07. The van der Waals surface area contributed by atoms with Crippen LogP contribution in [0.25, 0.3) is 11.0 Å². The van der Waals surface area contributed by atoms with Crippen LogP contribution in [0, 0.1) is 5.92 Å². The SMILES string of the molecule is Cn1c([C@@H](O)[C@@H]2C(=O)N3[C@@H]2SC(C)(C)[C@@H]3C(=O)[O-])nc2ccccc21.[K+]. The Kier molecular flexibility index (Phi) is 5.37. The van der Waals surface area contributed by atoms with Gasteiger partial charge >= 0.3 is 51.4 Å². The molecule has 2 aliphatic rings. The fourth-order valence-electron chi connectivity index (χ4n) is 3.90. The Morgan fingerprint density at radius 3 is 2.65 bits per heavy atom. The Bertz CT molecular complexity index is 899. The van der Waals surface area contributed by atoms with Gasteiger partial charge in [-0.1, -0.05) is 12.1 Å². The van der Waals surface area contributed by atoms with Crippen LogP contribution in [-0.2, 0) is 16.6 Å². The largest absolute Gasteiger partial charge is 1.00 e. The van der Waals surface area contributed by atoms with E-state index >= 15 is 0 Å². The average Bonchev–Trinajstić information content (AvgIpc) is 3.00. The van der Waals surface area contributed by atoms with Gasteiger partial charge < -0.3 is 24.5 Å². The predicted molar refractivity (Wildman–Crippen MR) is 90.3 cm³/mol. The number of para-hydroxylation sites is 2. The fourth-order valence-corrected chi connectivity index (χ4v) is 5.62. The van der Waals surface area contributed by atoms with Gasteiger partial charge in [0.05, 0.1) is 28.4 Å². The van der Waals surface area contributed by atoms with Crippen molar-refractivity contribution < 1.29 is 71.2 Å². The maximum absolute atomic E-state index is 12.6. The number of amides is 1. The summed E-state index contributed by atoms with van der Waals surface area (Å²) in [6.45, 7) is 3.56. The van der Waals surface area contributed by atoms with Gasteiger partial charge in [0.25, 0.3) is 0 Å². The van der Waals surface area contributed by atoms with Crippen molar-refractivity contribution in [2.75, 3.05) is 0 Å². The smallest absolute Gasteiger partial charge is 0.548 e. The van der Waals surface area contributed by atoms with E-state index in [9.17, 15) is 19.8 Å². The summed E-state index contributed by atoms with van der Waals surface area (Å²) in [7, 11) is 1.80. The van der Waals surface area contributed by atoms with E-state index in [0.717, 1.165) is 11.0 Å². The van der Waals surface area contributed by atoms with Gasteiger partial charge in [-0.05, 0) is 26.0 Å². The number of aliphatic hydroxyl groups excluding tert-OH is 1. The standard InChI is InChI=1S/C17H19N3O4S.K/c1-17(2)12(16(23)24)20-14(22)10(15(20)25-17)11(21)13-18-8-6-4-5-7-9(8)19(13)3;/h4-7,10-12,15,21H,1-3H3,(H,23,24);/q;+1/p-1/t10-,11+,12+,15-;/m1./s1. The van der Waals surface area contributed by atoms with Crippen LogP contribution in [0.4, 0.5) is 0 Å². The number of carboxylic acids is 1. The molecule has 0 saturated carbocycles. The van der Waals surface area contributed by atoms with Gasteiger partial charge in [-0.15, -0.1) is 11.8 Å². The molecule has 1 N–H and O–H groups in total. The number of rotatable bonds is 3. The van der Waals surface area contributed by atoms with Crippen molar-refractivity contribution in [3.8, 4) is 0 Å². The van der Waals surface area contributed by atoms with Gasteiger partial charge in [-0.25, -0.2) is 4.98 Å². The fraction of sp³-hybridized carbons (Fsp3) is 0.471. The molecule has 2 aromatic rings. The number of thioether (sulfide) groups is 1. The number of aliphatic hydroxyl groups is 1. The number of nitrogens with zero attached hydrogens (tertiary/aromatic N) is 3. The number of fused-ring (bicyclic) bond motifs is 2. The molecular weight excluding hydrogens is 381 g/mol. The van der Waals surface area contributed by atoms with Crippen molar-refractivity contribution in [2.45, 2.75) is 36.1 Å². The number of benzene rings is 1. The minimum Gasteiger partial charge on any atom is -0.548 e. The Morgan fingerprint density at radius 2 is 2.04 bits per heavy atom. The monoisotopic (exact) mass is 399 g/mol. The van der Waals surface area contributed by atoms with E-state index in [1.165, 1.54) is 16.7 Å². The topological polar surface area (TPSA) is 98.5 Å². The molecule has 0 unspecified atom stereocenters. The van der Waals surface area contributed by atoms with Crippen LogP contribution >= 0.6 is 11.8 Å². The van der Waals surface area contributed by atoms with Gasteiger partial charge in [-0.3, -0.25) is 4.79 Å². The first kappa shape index (κ1) is 20.3. The molecule has 2 saturated heterocycles. The molecule has 1 aromatic carbocycles. The molecule has 0 bridgehead atoms.